The molecule has 0 atom stereocenters. The molecule has 1 aromatic carbocycles. The highest BCUT2D eigenvalue weighted by atomic mass is 16.2. The van der Waals surface area contributed by atoms with Gasteiger partial charge < -0.3 is 10.6 Å². The molecule has 0 aromatic heterocycles. The first-order valence-electron chi connectivity index (χ1n) is 6.70. The van der Waals surface area contributed by atoms with E-state index in [1.54, 1.807) is 6.07 Å². The summed E-state index contributed by atoms with van der Waals surface area (Å²) in [5.41, 5.74) is 8.12. The lowest BCUT2D eigenvalue weighted by Gasteiger charge is -2.22. The Labute approximate surface area is 109 Å². The zero-order valence-corrected chi connectivity index (χ0v) is 11.3. The Balaban J connectivity index is 2.10. The molecule has 2 rings (SSSR count). The average molecular weight is 246 g/mol. The Morgan fingerprint density at radius 1 is 1.39 bits per heavy atom. The van der Waals surface area contributed by atoms with Crippen molar-refractivity contribution in [2.75, 3.05) is 19.3 Å². The van der Waals surface area contributed by atoms with E-state index in [1.807, 2.05) is 31.0 Å². The van der Waals surface area contributed by atoms with Gasteiger partial charge in [0, 0.05) is 19.3 Å². The second-order valence-electron chi connectivity index (χ2n) is 5.38. The van der Waals surface area contributed by atoms with E-state index in [0.717, 1.165) is 12.1 Å². The van der Waals surface area contributed by atoms with Crippen molar-refractivity contribution in [3.63, 3.8) is 0 Å². The van der Waals surface area contributed by atoms with Crippen LogP contribution in [-0.2, 0) is 0 Å². The zero-order valence-electron chi connectivity index (χ0n) is 11.3. The van der Waals surface area contributed by atoms with Crippen LogP contribution in [0.3, 0.4) is 0 Å². The van der Waals surface area contributed by atoms with Crippen LogP contribution in [0, 0.1) is 12.8 Å². The van der Waals surface area contributed by atoms with Crippen molar-refractivity contribution < 1.29 is 4.79 Å². The molecule has 1 aromatic rings. The molecule has 18 heavy (non-hydrogen) atoms. The predicted molar refractivity (Wildman–Crippen MR) is 74.5 cm³/mol. The fraction of sp³-hybridized carbons (Fsp3) is 0.533. The molecule has 0 aliphatic heterocycles. The van der Waals surface area contributed by atoms with E-state index in [0.29, 0.717) is 17.2 Å². The summed E-state index contributed by atoms with van der Waals surface area (Å²) in [4.78, 5) is 14.2. The largest absolute Gasteiger partial charge is 0.398 e. The number of carbonyl (C=O) groups is 1. The van der Waals surface area contributed by atoms with Gasteiger partial charge in [-0.3, -0.25) is 4.79 Å². The van der Waals surface area contributed by atoms with E-state index in [-0.39, 0.29) is 5.91 Å². The van der Waals surface area contributed by atoms with Crippen molar-refractivity contribution in [2.24, 2.45) is 5.92 Å². The van der Waals surface area contributed by atoms with Crippen LogP contribution in [0.4, 0.5) is 5.69 Å². The Bertz CT molecular complexity index is 416. The number of benzene rings is 1. The summed E-state index contributed by atoms with van der Waals surface area (Å²) in [5.74, 6) is 0.724. The van der Waals surface area contributed by atoms with Gasteiger partial charge in [-0.1, -0.05) is 25.0 Å². The molecule has 1 aliphatic carbocycles. The van der Waals surface area contributed by atoms with Gasteiger partial charge in [-0.15, -0.1) is 0 Å². The number of hydrogen-bond donors (Lipinski definition) is 1. The molecule has 1 saturated carbocycles. The van der Waals surface area contributed by atoms with E-state index in [2.05, 4.69) is 0 Å². The molecule has 1 amide bonds. The van der Waals surface area contributed by atoms with E-state index in [4.69, 9.17) is 5.73 Å². The van der Waals surface area contributed by atoms with Gasteiger partial charge in [0.2, 0.25) is 0 Å². The van der Waals surface area contributed by atoms with Crippen molar-refractivity contribution in [3.8, 4) is 0 Å². The lowest BCUT2D eigenvalue weighted by Crippen LogP contribution is -2.32. The third-order valence-electron chi connectivity index (χ3n) is 3.87. The maximum atomic E-state index is 12.4. The number of rotatable bonds is 3. The molecule has 2 N–H and O–H groups in total. The zero-order chi connectivity index (χ0) is 13.1. The highest BCUT2D eigenvalue weighted by molar-refractivity contribution is 6.00. The monoisotopic (exact) mass is 246 g/mol. The molecule has 1 fully saturated rings. The molecule has 0 radical (unpaired) electrons. The van der Waals surface area contributed by atoms with Gasteiger partial charge >= 0.3 is 0 Å². The Morgan fingerprint density at radius 3 is 2.67 bits per heavy atom. The van der Waals surface area contributed by atoms with Crippen LogP contribution in [0.5, 0.6) is 0 Å². The summed E-state index contributed by atoms with van der Waals surface area (Å²) < 4.78 is 0. The van der Waals surface area contributed by atoms with E-state index < -0.39 is 0 Å². The van der Waals surface area contributed by atoms with Crippen molar-refractivity contribution in [1.29, 1.82) is 0 Å². The summed E-state index contributed by atoms with van der Waals surface area (Å²) in [7, 11) is 1.88. The molecule has 0 spiro atoms. The van der Waals surface area contributed by atoms with Crippen LogP contribution in [0.25, 0.3) is 0 Å². The summed E-state index contributed by atoms with van der Waals surface area (Å²) in [6, 6.07) is 5.62. The minimum atomic E-state index is 0.0532. The molecule has 0 unspecified atom stereocenters. The van der Waals surface area contributed by atoms with E-state index in [9.17, 15) is 4.79 Å². The van der Waals surface area contributed by atoms with Gasteiger partial charge in [-0.05, 0) is 37.3 Å². The summed E-state index contributed by atoms with van der Waals surface area (Å²) in [5, 5.41) is 0. The van der Waals surface area contributed by atoms with Crippen LogP contribution in [0.1, 0.15) is 41.6 Å². The lowest BCUT2D eigenvalue weighted by molar-refractivity contribution is 0.0773. The minimum Gasteiger partial charge on any atom is -0.398 e. The summed E-state index contributed by atoms with van der Waals surface area (Å²) in [6.07, 6.45) is 5.11. The summed E-state index contributed by atoms with van der Waals surface area (Å²) in [6.45, 7) is 2.79. The number of nitrogen functional groups attached to an aromatic ring is 1. The number of amides is 1. The molecular formula is C15H22N2O. The average Bonchev–Trinajstić information content (AvgIpc) is 2.81. The second-order valence-corrected chi connectivity index (χ2v) is 5.38. The number of anilines is 1. The maximum absolute atomic E-state index is 12.4. The lowest BCUT2D eigenvalue weighted by atomic mass is 10.0. The molecule has 0 heterocycles. The van der Waals surface area contributed by atoms with E-state index in [1.165, 1.54) is 25.7 Å². The van der Waals surface area contributed by atoms with Crippen molar-refractivity contribution >= 4 is 11.6 Å². The third kappa shape index (κ3) is 2.66. The van der Waals surface area contributed by atoms with Crippen molar-refractivity contribution in [1.82, 2.24) is 4.90 Å². The first kappa shape index (κ1) is 12.9. The summed E-state index contributed by atoms with van der Waals surface area (Å²) >= 11 is 0. The Morgan fingerprint density at radius 2 is 2.06 bits per heavy atom. The molecule has 1 aliphatic rings. The fourth-order valence-corrected chi connectivity index (χ4v) is 2.84. The number of aryl methyl sites for hydroxylation is 1. The molecule has 98 valence electrons. The topological polar surface area (TPSA) is 46.3 Å². The highest BCUT2D eigenvalue weighted by Gasteiger charge is 2.22. The number of carbonyl (C=O) groups excluding carboxylic acids is 1. The van der Waals surface area contributed by atoms with Crippen LogP contribution in [0.2, 0.25) is 0 Å². The first-order valence-corrected chi connectivity index (χ1v) is 6.70. The van der Waals surface area contributed by atoms with Gasteiger partial charge in [-0.25, -0.2) is 0 Å². The van der Waals surface area contributed by atoms with Crippen LogP contribution >= 0.6 is 0 Å². The second kappa shape index (κ2) is 5.42. The minimum absolute atomic E-state index is 0.0532. The smallest absolute Gasteiger partial charge is 0.255 e. The third-order valence-corrected chi connectivity index (χ3v) is 3.87. The number of hydrogen-bond acceptors (Lipinski definition) is 2. The molecule has 3 nitrogen and oxygen atoms in total. The van der Waals surface area contributed by atoms with Gasteiger partial charge in [0.25, 0.3) is 5.91 Å². The molecule has 0 saturated heterocycles. The number of nitrogens with two attached hydrogens (primary N) is 1. The Hall–Kier alpha value is -1.51. The molecular weight excluding hydrogens is 224 g/mol. The van der Waals surface area contributed by atoms with Crippen molar-refractivity contribution in [3.05, 3.63) is 29.3 Å². The van der Waals surface area contributed by atoms with Crippen LogP contribution in [-0.4, -0.2) is 24.4 Å². The Kier molecular flexibility index (Phi) is 3.90. The van der Waals surface area contributed by atoms with Gasteiger partial charge in [0.15, 0.2) is 0 Å². The molecule has 0 bridgehead atoms. The first-order chi connectivity index (χ1) is 8.59. The van der Waals surface area contributed by atoms with Crippen LogP contribution < -0.4 is 5.73 Å². The standard InChI is InChI=1S/C15H22N2O/c1-11-6-5-9-13(16)14(11)15(18)17(2)10-12-7-3-4-8-12/h5-6,9,12H,3-4,7-8,10,16H2,1-2H3. The number of nitrogens with zero attached hydrogens (tertiary/aromatic N) is 1. The SMILES string of the molecule is Cc1cccc(N)c1C(=O)N(C)CC1CCCC1. The quantitative estimate of drug-likeness (QED) is 0.834. The fourth-order valence-electron chi connectivity index (χ4n) is 2.84. The maximum Gasteiger partial charge on any atom is 0.255 e. The molecule has 3 heteroatoms. The van der Waals surface area contributed by atoms with E-state index >= 15 is 0 Å². The highest BCUT2D eigenvalue weighted by Crippen LogP contribution is 2.26. The van der Waals surface area contributed by atoms with Crippen LogP contribution in [0.15, 0.2) is 18.2 Å². The normalized spacial score (nSPS) is 15.9. The van der Waals surface area contributed by atoms with Gasteiger partial charge in [-0.2, -0.15) is 0 Å². The van der Waals surface area contributed by atoms with Gasteiger partial charge in [0.05, 0.1) is 5.56 Å². The van der Waals surface area contributed by atoms with Crippen molar-refractivity contribution in [2.45, 2.75) is 32.6 Å². The van der Waals surface area contributed by atoms with Gasteiger partial charge in [0.1, 0.15) is 0 Å². The predicted octanol–water partition coefficient (Wildman–Crippen LogP) is 2.84.